The maximum atomic E-state index is 11.7. The van der Waals surface area contributed by atoms with Crippen molar-refractivity contribution in [1.82, 2.24) is 5.32 Å². The van der Waals surface area contributed by atoms with Gasteiger partial charge in [0, 0.05) is 25.3 Å². The van der Waals surface area contributed by atoms with Crippen LogP contribution in [0.25, 0.3) is 0 Å². The first-order valence-electron chi connectivity index (χ1n) is 10.6. The fourth-order valence-electron chi connectivity index (χ4n) is 5.31. The Labute approximate surface area is 152 Å². The topological polar surface area (TPSA) is 66.1 Å². The van der Waals surface area contributed by atoms with Crippen LogP contribution in [0.3, 0.4) is 0 Å². The van der Waals surface area contributed by atoms with Gasteiger partial charge in [-0.25, -0.2) is 4.99 Å². The van der Waals surface area contributed by atoms with Gasteiger partial charge < -0.3 is 10.4 Å². The molecule has 0 saturated carbocycles. The van der Waals surface area contributed by atoms with Crippen LogP contribution in [-0.4, -0.2) is 41.2 Å². The van der Waals surface area contributed by atoms with E-state index in [-0.39, 0.29) is 18.0 Å². The van der Waals surface area contributed by atoms with Crippen LogP contribution in [0, 0.1) is 5.92 Å². The molecule has 142 valence electrons. The highest BCUT2D eigenvalue weighted by Gasteiger charge is 2.54. The first-order valence-corrected chi connectivity index (χ1v) is 10.6. The molecule has 0 aromatic carbocycles. The molecule has 3 heterocycles. The minimum Gasteiger partial charge on any atom is -0.481 e. The second-order valence-electron chi connectivity index (χ2n) is 8.41. The predicted molar refractivity (Wildman–Crippen MR) is 99.9 cm³/mol. The summed E-state index contributed by atoms with van der Waals surface area (Å²) in [6.07, 6.45) is 14.1. The third kappa shape index (κ3) is 4.18. The van der Waals surface area contributed by atoms with Crippen molar-refractivity contribution < 1.29 is 14.8 Å². The van der Waals surface area contributed by atoms with E-state index in [1.165, 1.54) is 62.7 Å². The quantitative estimate of drug-likeness (QED) is 0.559. The minimum atomic E-state index is -0.668. The Kier molecular flexibility index (Phi) is 6.37. The summed E-state index contributed by atoms with van der Waals surface area (Å²) in [6, 6.07) is 1.23. The van der Waals surface area contributed by atoms with Crippen LogP contribution in [0.15, 0.2) is 4.99 Å². The van der Waals surface area contributed by atoms with E-state index in [0.29, 0.717) is 12.1 Å². The smallest absolute Gasteiger partial charge is 0.314 e. The van der Waals surface area contributed by atoms with Crippen LogP contribution in [-0.2, 0) is 4.79 Å². The summed E-state index contributed by atoms with van der Waals surface area (Å²) >= 11 is 0. The number of nitrogens with one attached hydrogen (secondary N) is 2. The van der Waals surface area contributed by atoms with Crippen LogP contribution in [0.4, 0.5) is 0 Å². The number of aliphatic imine (C=N–C) groups is 1. The molecule has 2 saturated heterocycles. The standard InChI is InChI=1S/C20H35N3O2/c1-3-4-5-6-7-8-9-10-15-13-16-11-12-17-18(19(24)25)14(2)21-20(22-15)23(16)17/h14-18H,3-13H2,1-2H3,(H,21,22)(H,24,25)/p+1/t14-,15-,16+,17+,18+/m1/s1. The van der Waals surface area contributed by atoms with E-state index in [9.17, 15) is 9.90 Å². The van der Waals surface area contributed by atoms with Crippen LogP contribution >= 0.6 is 0 Å². The first kappa shape index (κ1) is 18.7. The maximum absolute atomic E-state index is 11.7. The summed E-state index contributed by atoms with van der Waals surface area (Å²) in [6.45, 7) is 4.23. The van der Waals surface area contributed by atoms with E-state index >= 15 is 0 Å². The van der Waals surface area contributed by atoms with Gasteiger partial charge >= 0.3 is 5.97 Å². The van der Waals surface area contributed by atoms with Gasteiger partial charge in [0.05, 0.1) is 12.1 Å². The molecule has 3 aliphatic rings. The normalized spacial score (nSPS) is 36.5. The number of nitrogens with zero attached hydrogens (tertiary/aromatic N) is 1. The SMILES string of the molecule is CCCCCCCCC[C@@H]1C[C@@H]2CC[C@H]3[C@@H](C(=O)O)[C@@H](C)N=C(N1)[NH+]23. The maximum Gasteiger partial charge on any atom is 0.314 e. The highest BCUT2D eigenvalue weighted by molar-refractivity contribution is 5.78. The zero-order chi connectivity index (χ0) is 17.8. The number of carboxylic acid groups (broad SMARTS) is 1. The van der Waals surface area contributed by atoms with Crippen molar-refractivity contribution in [2.75, 3.05) is 0 Å². The number of carbonyl (C=O) groups is 1. The van der Waals surface area contributed by atoms with Gasteiger partial charge in [-0.2, -0.15) is 0 Å². The Balaban J connectivity index is 1.50. The van der Waals surface area contributed by atoms with Gasteiger partial charge in [0.1, 0.15) is 12.0 Å². The van der Waals surface area contributed by atoms with Crippen molar-refractivity contribution in [1.29, 1.82) is 0 Å². The number of quaternary nitrogens is 1. The predicted octanol–water partition coefficient (Wildman–Crippen LogP) is 2.36. The Morgan fingerprint density at radius 3 is 2.64 bits per heavy atom. The second-order valence-corrected chi connectivity index (χ2v) is 8.41. The van der Waals surface area contributed by atoms with Crippen molar-refractivity contribution in [3.05, 3.63) is 0 Å². The molecule has 3 N–H and O–H groups in total. The van der Waals surface area contributed by atoms with Gasteiger partial charge in [-0.15, -0.1) is 0 Å². The molecule has 6 atom stereocenters. The summed E-state index contributed by atoms with van der Waals surface area (Å²) in [5, 5.41) is 13.3. The fraction of sp³-hybridized carbons (Fsp3) is 0.900. The number of aliphatic carboxylic acids is 1. The lowest BCUT2D eigenvalue weighted by atomic mass is 9.89. The van der Waals surface area contributed by atoms with Crippen LogP contribution in [0.2, 0.25) is 0 Å². The van der Waals surface area contributed by atoms with Crippen LogP contribution in [0.5, 0.6) is 0 Å². The Morgan fingerprint density at radius 1 is 1.20 bits per heavy atom. The van der Waals surface area contributed by atoms with E-state index in [0.717, 1.165) is 18.8 Å². The Hall–Kier alpha value is -1.10. The number of rotatable bonds is 9. The zero-order valence-corrected chi connectivity index (χ0v) is 16.0. The van der Waals surface area contributed by atoms with Gasteiger partial charge in [0.15, 0.2) is 0 Å². The molecule has 3 aliphatic heterocycles. The van der Waals surface area contributed by atoms with Gasteiger partial charge in [-0.05, 0) is 13.3 Å². The van der Waals surface area contributed by atoms with Gasteiger partial charge in [0.2, 0.25) is 0 Å². The summed E-state index contributed by atoms with van der Waals surface area (Å²) in [5.41, 5.74) is 0. The molecule has 1 unspecified atom stereocenters. The molecule has 5 nitrogen and oxygen atoms in total. The van der Waals surface area contributed by atoms with Gasteiger partial charge in [-0.1, -0.05) is 51.9 Å². The third-order valence-electron chi connectivity index (χ3n) is 6.58. The summed E-state index contributed by atoms with van der Waals surface area (Å²) in [7, 11) is 0. The molecular formula is C20H36N3O2+. The molecule has 0 amide bonds. The van der Waals surface area contributed by atoms with Crippen molar-refractivity contribution >= 4 is 11.9 Å². The lowest BCUT2D eigenvalue weighted by molar-refractivity contribution is -0.859. The third-order valence-corrected chi connectivity index (χ3v) is 6.58. The average molecular weight is 351 g/mol. The molecule has 25 heavy (non-hydrogen) atoms. The van der Waals surface area contributed by atoms with E-state index in [2.05, 4.69) is 12.2 Å². The molecule has 0 aromatic rings. The number of hydrogen-bond donors (Lipinski definition) is 3. The summed E-state index contributed by atoms with van der Waals surface area (Å²) in [4.78, 5) is 17.8. The van der Waals surface area contributed by atoms with Gasteiger partial charge in [0.25, 0.3) is 5.96 Å². The molecule has 0 radical (unpaired) electrons. The first-order chi connectivity index (χ1) is 12.1. The van der Waals surface area contributed by atoms with Crippen molar-refractivity contribution in [3.63, 3.8) is 0 Å². The minimum absolute atomic E-state index is 0.107. The van der Waals surface area contributed by atoms with Crippen molar-refractivity contribution in [3.8, 4) is 0 Å². The molecule has 5 heteroatoms. The number of guanidine groups is 1. The van der Waals surface area contributed by atoms with Crippen molar-refractivity contribution in [2.45, 2.75) is 109 Å². The molecule has 3 rings (SSSR count). The van der Waals surface area contributed by atoms with Crippen molar-refractivity contribution in [2.24, 2.45) is 10.9 Å². The number of unbranched alkanes of at least 4 members (excludes halogenated alkanes) is 6. The second kappa shape index (κ2) is 8.52. The van der Waals surface area contributed by atoms with E-state index in [4.69, 9.17) is 4.99 Å². The molecule has 0 bridgehead atoms. The molecule has 2 fully saturated rings. The monoisotopic (exact) mass is 350 g/mol. The highest BCUT2D eigenvalue weighted by Crippen LogP contribution is 2.27. The molecule has 0 spiro atoms. The summed E-state index contributed by atoms with van der Waals surface area (Å²) in [5.74, 6) is 0.0839. The van der Waals surface area contributed by atoms with E-state index in [1.807, 2.05) is 6.92 Å². The largest absolute Gasteiger partial charge is 0.481 e. The molecular weight excluding hydrogens is 314 g/mol. The number of carboxylic acids is 1. The Bertz CT molecular complexity index is 493. The number of hydrogen-bond acceptors (Lipinski definition) is 3. The van der Waals surface area contributed by atoms with Gasteiger partial charge in [-0.3, -0.25) is 9.69 Å². The van der Waals surface area contributed by atoms with E-state index in [1.54, 1.807) is 0 Å². The van der Waals surface area contributed by atoms with Crippen LogP contribution in [0.1, 0.15) is 84.5 Å². The lowest BCUT2D eigenvalue weighted by Crippen LogP contribution is -3.24. The van der Waals surface area contributed by atoms with Crippen LogP contribution < -0.4 is 10.2 Å². The molecule has 0 aromatic heterocycles. The average Bonchev–Trinajstić information content (AvgIpc) is 2.98. The van der Waals surface area contributed by atoms with E-state index < -0.39 is 5.97 Å². The zero-order valence-electron chi connectivity index (χ0n) is 16.0. The highest BCUT2D eigenvalue weighted by atomic mass is 16.4. The summed E-state index contributed by atoms with van der Waals surface area (Å²) < 4.78 is 0. The fourth-order valence-corrected chi connectivity index (χ4v) is 5.31. The lowest BCUT2D eigenvalue weighted by Gasteiger charge is -2.41. The molecule has 0 aliphatic carbocycles. The Morgan fingerprint density at radius 2 is 1.92 bits per heavy atom.